The Balaban J connectivity index is 2.25. The molecule has 2 aliphatic heterocycles. The monoisotopic (exact) mass is 297 g/mol. The van der Waals surface area contributed by atoms with E-state index in [0.717, 1.165) is 25.7 Å². The molecule has 2 aliphatic rings. The molecule has 0 aromatic carbocycles. The average molecular weight is 297 g/mol. The van der Waals surface area contributed by atoms with E-state index < -0.39 is 17.8 Å². The summed E-state index contributed by atoms with van der Waals surface area (Å²) in [5, 5.41) is 9.48. The topological polar surface area (TPSA) is 66.8 Å². The summed E-state index contributed by atoms with van der Waals surface area (Å²) in [5.74, 6) is -2.11. The highest BCUT2D eigenvalue weighted by Crippen LogP contribution is 2.44. The van der Waals surface area contributed by atoms with Gasteiger partial charge in [0, 0.05) is 12.1 Å². The number of carbonyl (C=O) groups is 2. The molecule has 1 amide bonds. The van der Waals surface area contributed by atoms with E-state index in [-0.39, 0.29) is 30.2 Å². The van der Waals surface area contributed by atoms with Crippen LogP contribution in [0.4, 0.5) is 0 Å². The highest BCUT2D eigenvalue weighted by atomic mass is 16.5. The van der Waals surface area contributed by atoms with Crippen molar-refractivity contribution < 1.29 is 19.4 Å². The highest BCUT2D eigenvalue weighted by Gasteiger charge is 2.56. The van der Waals surface area contributed by atoms with Gasteiger partial charge in [-0.3, -0.25) is 9.59 Å². The summed E-state index contributed by atoms with van der Waals surface area (Å²) in [6.07, 6.45) is 2.82. The second-order valence-corrected chi connectivity index (χ2v) is 6.44. The van der Waals surface area contributed by atoms with Gasteiger partial charge in [-0.2, -0.15) is 0 Å². The molecular weight excluding hydrogens is 270 g/mol. The number of carbonyl (C=O) groups excluding carboxylic acids is 1. The first-order valence-electron chi connectivity index (χ1n) is 8.12. The lowest BCUT2D eigenvalue weighted by Gasteiger charge is -2.38. The molecule has 21 heavy (non-hydrogen) atoms. The molecule has 0 saturated carbocycles. The predicted octanol–water partition coefficient (Wildman–Crippen LogP) is 2.29. The molecule has 2 saturated heterocycles. The Bertz CT molecular complexity index is 401. The number of ether oxygens (including phenoxy) is 1. The molecule has 0 radical (unpaired) electrons. The predicted molar refractivity (Wildman–Crippen MR) is 78.9 cm³/mol. The van der Waals surface area contributed by atoms with Crippen molar-refractivity contribution in [2.45, 2.75) is 77.7 Å². The number of carboxylic acids is 1. The van der Waals surface area contributed by atoms with Crippen LogP contribution in [0.1, 0.15) is 53.4 Å². The molecule has 0 aromatic heterocycles. The van der Waals surface area contributed by atoms with Crippen LogP contribution >= 0.6 is 0 Å². The van der Waals surface area contributed by atoms with Crippen LogP contribution in [0, 0.1) is 11.8 Å². The molecule has 5 heteroatoms. The smallest absolute Gasteiger partial charge is 0.310 e. The maximum absolute atomic E-state index is 13.0. The summed E-state index contributed by atoms with van der Waals surface area (Å²) in [4.78, 5) is 26.5. The van der Waals surface area contributed by atoms with Crippen molar-refractivity contribution >= 4 is 11.9 Å². The molecule has 6 atom stereocenters. The molecule has 2 bridgehead atoms. The molecule has 0 spiro atoms. The van der Waals surface area contributed by atoms with Gasteiger partial charge in [0.15, 0.2) is 0 Å². The van der Waals surface area contributed by atoms with E-state index in [1.165, 1.54) is 0 Å². The lowest BCUT2D eigenvalue weighted by atomic mass is 9.78. The first-order chi connectivity index (χ1) is 9.92. The van der Waals surface area contributed by atoms with Gasteiger partial charge in [-0.25, -0.2) is 0 Å². The molecule has 2 heterocycles. The van der Waals surface area contributed by atoms with Crippen LogP contribution in [-0.4, -0.2) is 46.2 Å². The summed E-state index contributed by atoms with van der Waals surface area (Å²) in [5.41, 5.74) is 0. The zero-order valence-corrected chi connectivity index (χ0v) is 13.4. The SMILES string of the molecule is CC[C@H](C)N(C(=O)[C@@H]1[C@@H](C(=O)O)[C@H]2CC[C@@H]1O2)[C@@H](C)CC. The maximum atomic E-state index is 13.0. The molecule has 120 valence electrons. The van der Waals surface area contributed by atoms with Crippen LogP contribution in [0.25, 0.3) is 0 Å². The minimum atomic E-state index is -0.895. The third-order valence-corrected chi connectivity index (χ3v) is 5.23. The van der Waals surface area contributed by atoms with Gasteiger partial charge in [-0.05, 0) is 39.5 Å². The van der Waals surface area contributed by atoms with E-state index in [2.05, 4.69) is 13.8 Å². The van der Waals surface area contributed by atoms with Gasteiger partial charge < -0.3 is 14.7 Å². The van der Waals surface area contributed by atoms with Crippen LogP contribution in [0.15, 0.2) is 0 Å². The number of hydrogen-bond acceptors (Lipinski definition) is 3. The van der Waals surface area contributed by atoms with E-state index >= 15 is 0 Å². The standard InChI is InChI=1S/C16H27NO4/c1-5-9(3)17(10(4)6-2)15(18)13-11-7-8-12(21-11)14(13)16(19)20/h9-14H,5-8H2,1-4H3,(H,19,20)/t9-,10-,11-,12+,13-,14-/m0/s1. The van der Waals surface area contributed by atoms with Crippen molar-refractivity contribution in [1.82, 2.24) is 4.90 Å². The maximum Gasteiger partial charge on any atom is 0.310 e. The van der Waals surface area contributed by atoms with Crippen molar-refractivity contribution in [3.8, 4) is 0 Å². The normalized spacial score (nSPS) is 33.7. The van der Waals surface area contributed by atoms with Gasteiger partial charge >= 0.3 is 5.97 Å². The van der Waals surface area contributed by atoms with Gasteiger partial charge in [0.05, 0.1) is 24.0 Å². The third kappa shape index (κ3) is 2.80. The molecule has 1 N–H and O–H groups in total. The Kier molecular flexibility index (Phi) is 4.91. The number of hydrogen-bond donors (Lipinski definition) is 1. The second kappa shape index (κ2) is 6.34. The minimum absolute atomic E-state index is 0.0294. The molecule has 0 unspecified atom stereocenters. The van der Waals surface area contributed by atoms with Crippen molar-refractivity contribution in [3.05, 3.63) is 0 Å². The van der Waals surface area contributed by atoms with Gasteiger partial charge in [0.1, 0.15) is 0 Å². The lowest BCUT2D eigenvalue weighted by molar-refractivity contribution is -0.153. The number of aliphatic carboxylic acids is 1. The lowest BCUT2D eigenvalue weighted by Crippen LogP contribution is -2.51. The zero-order valence-electron chi connectivity index (χ0n) is 13.4. The van der Waals surface area contributed by atoms with E-state index in [1.54, 1.807) is 0 Å². The number of rotatable bonds is 6. The fourth-order valence-corrected chi connectivity index (χ4v) is 3.74. The molecular formula is C16H27NO4. The highest BCUT2D eigenvalue weighted by molar-refractivity contribution is 5.87. The Morgan fingerprint density at radius 1 is 1.10 bits per heavy atom. The van der Waals surface area contributed by atoms with Crippen LogP contribution in [0.2, 0.25) is 0 Å². The van der Waals surface area contributed by atoms with E-state index in [4.69, 9.17) is 4.74 Å². The fourth-order valence-electron chi connectivity index (χ4n) is 3.74. The Hall–Kier alpha value is -1.10. The van der Waals surface area contributed by atoms with Gasteiger partial charge in [0.2, 0.25) is 5.91 Å². The number of amides is 1. The van der Waals surface area contributed by atoms with Crippen LogP contribution in [-0.2, 0) is 14.3 Å². The van der Waals surface area contributed by atoms with Crippen molar-refractivity contribution in [3.63, 3.8) is 0 Å². The fraction of sp³-hybridized carbons (Fsp3) is 0.875. The molecule has 0 aliphatic carbocycles. The number of nitrogens with zero attached hydrogens (tertiary/aromatic N) is 1. The van der Waals surface area contributed by atoms with Crippen LogP contribution < -0.4 is 0 Å². The summed E-state index contributed by atoms with van der Waals surface area (Å²) < 4.78 is 5.73. The molecule has 0 aromatic rings. The largest absolute Gasteiger partial charge is 0.481 e. The first kappa shape index (κ1) is 16.3. The van der Waals surface area contributed by atoms with E-state index in [0.29, 0.717) is 0 Å². The molecule has 2 fully saturated rings. The Morgan fingerprint density at radius 2 is 1.57 bits per heavy atom. The van der Waals surface area contributed by atoms with Gasteiger partial charge in [0.25, 0.3) is 0 Å². The summed E-state index contributed by atoms with van der Waals surface area (Å²) in [7, 11) is 0. The van der Waals surface area contributed by atoms with Crippen molar-refractivity contribution in [2.24, 2.45) is 11.8 Å². The summed E-state index contributed by atoms with van der Waals surface area (Å²) in [6, 6.07) is 0.252. The van der Waals surface area contributed by atoms with E-state index in [1.807, 2.05) is 18.7 Å². The van der Waals surface area contributed by atoms with E-state index in [9.17, 15) is 14.7 Å². The van der Waals surface area contributed by atoms with Crippen LogP contribution in [0.3, 0.4) is 0 Å². The Morgan fingerprint density at radius 3 is 2.00 bits per heavy atom. The average Bonchev–Trinajstić information content (AvgIpc) is 3.07. The van der Waals surface area contributed by atoms with Crippen LogP contribution in [0.5, 0.6) is 0 Å². The number of carboxylic acid groups (broad SMARTS) is 1. The second-order valence-electron chi connectivity index (χ2n) is 6.44. The Labute approximate surface area is 126 Å². The van der Waals surface area contributed by atoms with Gasteiger partial charge in [-0.15, -0.1) is 0 Å². The summed E-state index contributed by atoms with van der Waals surface area (Å²) >= 11 is 0. The molecule has 2 rings (SSSR count). The number of fused-ring (bicyclic) bond motifs is 2. The quantitative estimate of drug-likeness (QED) is 0.817. The van der Waals surface area contributed by atoms with Gasteiger partial charge in [-0.1, -0.05) is 13.8 Å². The third-order valence-electron chi connectivity index (χ3n) is 5.23. The summed E-state index contributed by atoms with van der Waals surface area (Å²) in [6.45, 7) is 8.18. The van der Waals surface area contributed by atoms with Crippen molar-refractivity contribution in [1.29, 1.82) is 0 Å². The molecule has 5 nitrogen and oxygen atoms in total. The minimum Gasteiger partial charge on any atom is -0.481 e. The zero-order chi connectivity index (χ0) is 15.7. The first-order valence-corrected chi connectivity index (χ1v) is 8.12. The van der Waals surface area contributed by atoms with Crippen molar-refractivity contribution in [2.75, 3.05) is 0 Å².